The molecule has 1 aromatic carbocycles. The first-order valence-corrected chi connectivity index (χ1v) is 9.36. The molecular formula is C16H15FN5O3PS. The van der Waals surface area contributed by atoms with Crippen molar-refractivity contribution in [2.24, 2.45) is 0 Å². The molecular weight excluding hydrogens is 392 g/mol. The second-order valence-corrected chi connectivity index (χ2v) is 6.74. The van der Waals surface area contributed by atoms with Crippen molar-refractivity contribution in [2.45, 2.75) is 22.6 Å². The molecule has 0 spiro atoms. The Hall–Kier alpha value is -2.38. The zero-order chi connectivity index (χ0) is 19.2. The van der Waals surface area contributed by atoms with Crippen LogP contribution in [-0.2, 0) is 15.8 Å². The van der Waals surface area contributed by atoms with E-state index in [1.165, 1.54) is 18.1 Å². The molecule has 11 heteroatoms. The third-order valence-electron chi connectivity index (χ3n) is 3.55. The summed E-state index contributed by atoms with van der Waals surface area (Å²) in [6, 6.07) is 7.47. The van der Waals surface area contributed by atoms with Crippen molar-refractivity contribution in [3.05, 3.63) is 30.6 Å². The minimum absolute atomic E-state index is 0.0779. The fourth-order valence-corrected chi connectivity index (χ4v) is 3.39. The molecule has 2 N–H and O–H groups in total. The molecule has 0 saturated heterocycles. The third kappa shape index (κ3) is 4.67. The molecule has 0 aliphatic rings. The Morgan fingerprint density at radius 2 is 2.15 bits per heavy atom. The van der Waals surface area contributed by atoms with Crippen LogP contribution < -0.4 is 10.5 Å². The van der Waals surface area contributed by atoms with Gasteiger partial charge in [-0.2, -0.15) is 0 Å². The van der Waals surface area contributed by atoms with Gasteiger partial charge in [-0.15, -0.1) is 0 Å². The molecule has 140 valence electrons. The van der Waals surface area contributed by atoms with Gasteiger partial charge >= 0.3 is 141 Å². The molecule has 0 bridgehead atoms. The number of methoxy groups -OCH3 is 1. The number of benzene rings is 1. The summed E-state index contributed by atoms with van der Waals surface area (Å²) in [6.45, 7) is -0.672. The molecule has 0 unspecified atom stereocenters. The summed E-state index contributed by atoms with van der Waals surface area (Å²) in [5, 5.41) is 0.579. The van der Waals surface area contributed by atoms with Gasteiger partial charge in [0, 0.05) is 0 Å². The molecule has 0 aliphatic carbocycles. The van der Waals surface area contributed by atoms with Gasteiger partial charge in [-0.25, -0.2) is 0 Å². The number of imidazole rings is 1. The average Bonchev–Trinajstić information content (AvgIpc) is 3.08. The minimum atomic E-state index is -0.863. The first-order chi connectivity index (χ1) is 13.1. The maximum absolute atomic E-state index is 13.1. The van der Waals surface area contributed by atoms with Gasteiger partial charge in [-0.3, -0.25) is 0 Å². The summed E-state index contributed by atoms with van der Waals surface area (Å²) in [5.41, 5.74) is 6.84. The summed E-state index contributed by atoms with van der Waals surface area (Å²) in [4.78, 5) is 13.7. The SMILES string of the molecule is COc1ccc(Sc2nc(N)nc3c2ncn3C[C@H](CF)OC#P=O)cc1. The number of anilines is 1. The van der Waals surface area contributed by atoms with Gasteiger partial charge in [0.2, 0.25) is 0 Å². The number of halogens is 1. The summed E-state index contributed by atoms with van der Waals surface area (Å²) in [6.07, 6.45) is 0.648. The normalized spacial score (nSPS) is 11.9. The van der Waals surface area contributed by atoms with Crippen molar-refractivity contribution in [3.8, 4) is 11.6 Å². The number of hydrogen-bond acceptors (Lipinski definition) is 8. The van der Waals surface area contributed by atoms with Gasteiger partial charge < -0.3 is 4.74 Å². The van der Waals surface area contributed by atoms with E-state index in [9.17, 15) is 8.96 Å². The molecule has 3 rings (SSSR count). The Morgan fingerprint density at radius 1 is 1.37 bits per heavy atom. The summed E-state index contributed by atoms with van der Waals surface area (Å²) in [7, 11) is 1.16. The van der Waals surface area contributed by atoms with Crippen LogP contribution in [0.3, 0.4) is 0 Å². The van der Waals surface area contributed by atoms with E-state index in [1.807, 2.05) is 24.3 Å². The standard InChI is InChI=1S/C16H15FN5O3PS/c1-24-10-2-4-12(5-3-10)27-15-13-14(20-16(18)21-15)22(8-19-13)7-11(6-17)25-9-26-23/h2-5,8,11H,6-7H2,1H3,(H2,18,20,21)/t11-/m0/s1. The fourth-order valence-electron chi connectivity index (χ4n) is 2.33. The number of fused-ring (bicyclic) bond motifs is 1. The summed E-state index contributed by atoms with van der Waals surface area (Å²) in [5.74, 6) is 2.92. The van der Waals surface area contributed by atoms with Crippen molar-refractivity contribution < 1.29 is 18.4 Å². The topological polar surface area (TPSA) is 105 Å². The second-order valence-electron chi connectivity index (χ2n) is 5.31. The molecule has 0 amide bonds. The Labute approximate surface area is 159 Å². The first-order valence-electron chi connectivity index (χ1n) is 7.73. The van der Waals surface area contributed by atoms with Crippen LogP contribution in [0.4, 0.5) is 10.3 Å². The molecule has 27 heavy (non-hydrogen) atoms. The third-order valence-corrected chi connectivity index (χ3v) is 4.72. The number of nitrogens with two attached hydrogens (primary N) is 1. The molecule has 2 aromatic heterocycles. The van der Waals surface area contributed by atoms with Crippen molar-refractivity contribution in [2.75, 3.05) is 19.5 Å². The van der Waals surface area contributed by atoms with Crippen LogP contribution >= 0.6 is 19.7 Å². The van der Waals surface area contributed by atoms with Crippen LogP contribution in [0.1, 0.15) is 0 Å². The zero-order valence-electron chi connectivity index (χ0n) is 14.2. The summed E-state index contributed by atoms with van der Waals surface area (Å²) >= 11 is 1.38. The Bertz CT molecular complexity index is 1040. The van der Waals surface area contributed by atoms with Crippen molar-refractivity contribution in [1.82, 2.24) is 19.5 Å². The van der Waals surface area contributed by atoms with Crippen LogP contribution in [0.15, 0.2) is 40.5 Å². The predicted molar refractivity (Wildman–Crippen MR) is 99.2 cm³/mol. The second kappa shape index (κ2) is 9.01. The van der Waals surface area contributed by atoms with Crippen molar-refractivity contribution >= 4 is 36.8 Å². The molecule has 0 radical (unpaired) electrons. The molecule has 8 nitrogen and oxygen atoms in total. The van der Waals surface area contributed by atoms with E-state index >= 15 is 0 Å². The number of aromatic nitrogens is 4. The van der Waals surface area contributed by atoms with E-state index in [0.29, 0.717) is 16.2 Å². The van der Waals surface area contributed by atoms with Gasteiger partial charge in [-0.1, -0.05) is 0 Å². The number of hydrogen-bond donors (Lipinski definition) is 1. The molecule has 0 fully saturated rings. The molecule has 1 atom stereocenters. The molecule has 0 saturated carbocycles. The number of ether oxygens (including phenoxy) is 2. The Balaban J connectivity index is 1.91. The first kappa shape index (κ1) is 19.4. The van der Waals surface area contributed by atoms with Gasteiger partial charge in [0.15, 0.2) is 0 Å². The average molecular weight is 407 g/mol. The number of rotatable bonds is 7. The van der Waals surface area contributed by atoms with Crippen LogP contribution in [-0.4, -0.2) is 39.4 Å². The predicted octanol–water partition coefficient (Wildman–Crippen LogP) is 3.13. The Morgan fingerprint density at radius 3 is 2.81 bits per heavy atom. The van der Waals surface area contributed by atoms with Gasteiger partial charge in [-0.05, 0) is 0 Å². The van der Waals surface area contributed by atoms with E-state index in [2.05, 4.69) is 20.8 Å². The molecule has 3 aromatic rings. The Kier molecular flexibility index (Phi) is 6.47. The van der Waals surface area contributed by atoms with Crippen LogP contribution in [0.25, 0.3) is 11.2 Å². The van der Waals surface area contributed by atoms with E-state index in [-0.39, 0.29) is 12.5 Å². The van der Waals surface area contributed by atoms with Crippen LogP contribution in [0.5, 0.6) is 5.75 Å². The zero-order valence-corrected chi connectivity index (χ0v) is 15.9. The van der Waals surface area contributed by atoms with E-state index < -0.39 is 20.7 Å². The van der Waals surface area contributed by atoms with Crippen molar-refractivity contribution in [1.29, 1.82) is 0 Å². The molecule has 2 heterocycles. The van der Waals surface area contributed by atoms with Gasteiger partial charge in [0.1, 0.15) is 5.75 Å². The number of nitrogen functional groups attached to an aromatic ring is 1. The van der Waals surface area contributed by atoms with Gasteiger partial charge in [0.25, 0.3) is 0 Å². The van der Waals surface area contributed by atoms with Crippen LogP contribution in [0, 0.1) is 5.81 Å². The van der Waals surface area contributed by atoms with E-state index in [0.717, 1.165) is 10.6 Å². The quantitative estimate of drug-likeness (QED) is 0.470. The van der Waals surface area contributed by atoms with Gasteiger partial charge in [0.05, 0.1) is 7.11 Å². The molecule has 0 aliphatic heterocycles. The number of nitrogens with zero attached hydrogens (tertiary/aromatic N) is 4. The fraction of sp³-hybridized carbons (Fsp3) is 0.250. The van der Waals surface area contributed by atoms with E-state index in [1.54, 1.807) is 11.7 Å². The van der Waals surface area contributed by atoms with Crippen LogP contribution in [0.2, 0.25) is 0 Å². The summed E-state index contributed by atoms with van der Waals surface area (Å²) < 4.78 is 35.2. The van der Waals surface area contributed by atoms with Crippen molar-refractivity contribution in [3.63, 3.8) is 0 Å². The van der Waals surface area contributed by atoms with E-state index in [4.69, 9.17) is 15.2 Å². The monoisotopic (exact) mass is 407 g/mol. The maximum atomic E-state index is 13.1. The number of alkyl halides is 1.